The van der Waals surface area contributed by atoms with E-state index >= 15 is 0 Å². The molecule has 2 aromatic heterocycles. The molecule has 4 heterocycles. The maximum Gasteiger partial charge on any atom is 0.298 e. The third-order valence-electron chi connectivity index (χ3n) is 5.95. The third kappa shape index (κ3) is 2.76. The van der Waals surface area contributed by atoms with E-state index in [1.807, 2.05) is 12.1 Å². The zero-order valence-corrected chi connectivity index (χ0v) is 15.9. The lowest BCUT2D eigenvalue weighted by Gasteiger charge is -2.29. The van der Waals surface area contributed by atoms with Crippen LogP contribution in [0.15, 0.2) is 40.8 Å². The van der Waals surface area contributed by atoms with Crippen molar-refractivity contribution >= 4 is 33.7 Å². The molecule has 1 saturated heterocycles. The van der Waals surface area contributed by atoms with Crippen molar-refractivity contribution in [1.82, 2.24) is 9.97 Å². The fourth-order valence-electron chi connectivity index (χ4n) is 4.46. The smallest absolute Gasteiger partial charge is 0.298 e. The number of nitrogens with zero attached hydrogens (tertiary/aromatic N) is 3. The lowest BCUT2D eigenvalue weighted by Crippen LogP contribution is -2.36. The summed E-state index contributed by atoms with van der Waals surface area (Å²) in [6.45, 7) is 4.56. The van der Waals surface area contributed by atoms with Crippen molar-refractivity contribution in [2.24, 2.45) is 0 Å². The Morgan fingerprint density at radius 1 is 1.03 bits per heavy atom. The van der Waals surface area contributed by atoms with Gasteiger partial charge in [-0.05, 0) is 42.3 Å². The van der Waals surface area contributed by atoms with Crippen LogP contribution in [0.4, 0.5) is 16.1 Å². The molecular weight excluding hydrogens is 371 g/mol. The first-order chi connectivity index (χ1) is 14.3. The molecule has 29 heavy (non-hydrogen) atoms. The minimum absolute atomic E-state index is 0.145. The van der Waals surface area contributed by atoms with Crippen LogP contribution < -0.4 is 9.80 Å². The van der Waals surface area contributed by atoms with E-state index in [2.05, 4.69) is 26.9 Å². The van der Waals surface area contributed by atoms with Crippen molar-refractivity contribution in [3.05, 3.63) is 53.5 Å². The van der Waals surface area contributed by atoms with Crippen molar-refractivity contribution in [2.45, 2.75) is 13.0 Å². The Bertz CT molecular complexity index is 1210. The summed E-state index contributed by atoms with van der Waals surface area (Å²) in [6, 6.07) is 12.0. The number of nitrogens with one attached hydrogen (secondary N) is 1. The second-order valence-electron chi connectivity index (χ2n) is 7.66. The van der Waals surface area contributed by atoms with E-state index < -0.39 is 0 Å². The number of anilines is 2. The second-order valence-corrected chi connectivity index (χ2v) is 7.66. The molecule has 6 nitrogen and oxygen atoms in total. The molecule has 0 saturated carbocycles. The zero-order valence-electron chi connectivity index (χ0n) is 15.9. The molecule has 2 aromatic carbocycles. The predicted octanol–water partition coefficient (Wildman–Crippen LogP) is 3.85. The lowest BCUT2D eigenvalue weighted by molar-refractivity contribution is 0.120. The first-order valence-electron chi connectivity index (χ1n) is 10.0. The first-order valence-corrected chi connectivity index (χ1v) is 10.0. The summed E-state index contributed by atoms with van der Waals surface area (Å²) < 4.78 is 25.7. The largest absolute Gasteiger partial charge is 0.423 e. The number of hydrogen-bond acceptors (Lipinski definition) is 5. The number of aromatic nitrogens is 2. The van der Waals surface area contributed by atoms with Crippen LogP contribution in [-0.4, -0.2) is 42.8 Å². The van der Waals surface area contributed by atoms with Gasteiger partial charge in [-0.2, -0.15) is 4.98 Å². The summed E-state index contributed by atoms with van der Waals surface area (Å²) in [5.74, 6) is -0.145. The molecule has 148 valence electrons. The maximum atomic E-state index is 14.3. The highest BCUT2D eigenvalue weighted by atomic mass is 19.1. The summed E-state index contributed by atoms with van der Waals surface area (Å²) in [4.78, 5) is 12.5. The number of rotatable bonds is 2. The number of ether oxygens (including phenoxy) is 1. The average molecular weight is 392 g/mol. The molecule has 0 unspecified atom stereocenters. The Hall–Kier alpha value is -3.06. The topological polar surface area (TPSA) is 57.5 Å². The first kappa shape index (κ1) is 16.9. The minimum atomic E-state index is -0.145. The van der Waals surface area contributed by atoms with Gasteiger partial charge in [0.15, 0.2) is 5.58 Å². The van der Waals surface area contributed by atoms with Crippen LogP contribution in [0.1, 0.15) is 11.3 Å². The van der Waals surface area contributed by atoms with E-state index in [0.717, 1.165) is 71.5 Å². The molecule has 1 N–H and O–H groups in total. The molecule has 0 amide bonds. The highest BCUT2D eigenvalue weighted by molar-refractivity contribution is 5.86. The Balaban J connectivity index is 1.31. The van der Waals surface area contributed by atoms with Crippen LogP contribution in [0.5, 0.6) is 0 Å². The maximum absolute atomic E-state index is 14.3. The average Bonchev–Trinajstić information content (AvgIpc) is 3.35. The number of benzene rings is 2. The fourth-order valence-corrected chi connectivity index (χ4v) is 4.46. The van der Waals surface area contributed by atoms with Crippen molar-refractivity contribution in [1.29, 1.82) is 0 Å². The SMILES string of the molecule is Fc1cccc2[nH]c3c(c12)CCN(c1ccc2oc(N4CCOCC4)nc2c1)C3. The summed E-state index contributed by atoms with van der Waals surface area (Å²) in [7, 11) is 0. The van der Waals surface area contributed by atoms with Gasteiger partial charge in [0.2, 0.25) is 0 Å². The summed E-state index contributed by atoms with van der Waals surface area (Å²) in [5.41, 5.74) is 5.82. The molecule has 2 aliphatic heterocycles. The molecule has 0 spiro atoms. The number of oxazole rings is 1. The summed E-state index contributed by atoms with van der Waals surface area (Å²) >= 11 is 0. The standard InChI is InChI=1S/C22H21FN4O2/c23-16-2-1-3-17-21(16)15-6-7-27(13-19(15)24-17)14-4-5-20-18(12-14)25-22(29-20)26-8-10-28-11-9-26/h1-5,12,24H,6-11,13H2. The number of fused-ring (bicyclic) bond motifs is 4. The molecule has 2 aliphatic rings. The molecule has 4 aromatic rings. The van der Waals surface area contributed by atoms with Crippen molar-refractivity contribution in [2.75, 3.05) is 42.6 Å². The van der Waals surface area contributed by atoms with Gasteiger partial charge in [-0.15, -0.1) is 0 Å². The Morgan fingerprint density at radius 3 is 2.83 bits per heavy atom. The van der Waals surface area contributed by atoms with E-state index in [1.165, 1.54) is 6.07 Å². The van der Waals surface area contributed by atoms with Gasteiger partial charge in [0.25, 0.3) is 6.01 Å². The van der Waals surface area contributed by atoms with Gasteiger partial charge >= 0.3 is 0 Å². The van der Waals surface area contributed by atoms with E-state index in [-0.39, 0.29) is 5.82 Å². The van der Waals surface area contributed by atoms with Gasteiger partial charge in [0.1, 0.15) is 11.3 Å². The predicted molar refractivity (Wildman–Crippen MR) is 110 cm³/mol. The Labute approximate surface area is 166 Å². The third-order valence-corrected chi connectivity index (χ3v) is 5.95. The fraction of sp³-hybridized carbons (Fsp3) is 0.318. The van der Waals surface area contributed by atoms with Gasteiger partial charge in [-0.3, -0.25) is 0 Å². The molecular formula is C22H21FN4O2. The van der Waals surface area contributed by atoms with Crippen LogP contribution in [0.3, 0.4) is 0 Å². The summed E-state index contributed by atoms with van der Waals surface area (Å²) in [5, 5.41) is 0.740. The normalized spacial score (nSPS) is 17.3. The van der Waals surface area contributed by atoms with Gasteiger partial charge < -0.3 is 23.9 Å². The molecule has 1 fully saturated rings. The van der Waals surface area contributed by atoms with Gasteiger partial charge in [0, 0.05) is 41.9 Å². The molecule has 0 bridgehead atoms. The monoisotopic (exact) mass is 392 g/mol. The van der Waals surface area contributed by atoms with Crippen molar-refractivity contribution in [3.8, 4) is 0 Å². The number of H-pyrrole nitrogens is 1. The zero-order chi connectivity index (χ0) is 19.4. The minimum Gasteiger partial charge on any atom is -0.423 e. The van der Waals surface area contributed by atoms with E-state index in [4.69, 9.17) is 14.1 Å². The van der Waals surface area contributed by atoms with Crippen LogP contribution >= 0.6 is 0 Å². The Kier molecular flexibility index (Phi) is 3.77. The summed E-state index contributed by atoms with van der Waals surface area (Å²) in [6.07, 6.45) is 0.812. The van der Waals surface area contributed by atoms with E-state index in [0.29, 0.717) is 19.2 Å². The van der Waals surface area contributed by atoms with Crippen LogP contribution in [0, 0.1) is 5.82 Å². The van der Waals surface area contributed by atoms with Crippen molar-refractivity contribution < 1.29 is 13.5 Å². The highest BCUT2D eigenvalue weighted by Crippen LogP contribution is 2.33. The van der Waals surface area contributed by atoms with Gasteiger partial charge in [0.05, 0.1) is 19.8 Å². The number of morpholine rings is 1. The van der Waals surface area contributed by atoms with Crippen molar-refractivity contribution in [3.63, 3.8) is 0 Å². The number of aromatic amines is 1. The van der Waals surface area contributed by atoms with Crippen LogP contribution in [0.2, 0.25) is 0 Å². The number of hydrogen-bond donors (Lipinski definition) is 1. The quantitative estimate of drug-likeness (QED) is 0.562. The molecule has 6 rings (SSSR count). The highest BCUT2D eigenvalue weighted by Gasteiger charge is 2.23. The molecule has 0 radical (unpaired) electrons. The van der Waals surface area contributed by atoms with Gasteiger partial charge in [-0.1, -0.05) is 6.07 Å². The second kappa shape index (κ2) is 6.49. The molecule has 0 aliphatic carbocycles. The van der Waals surface area contributed by atoms with Crippen LogP contribution in [-0.2, 0) is 17.7 Å². The van der Waals surface area contributed by atoms with Crippen LogP contribution in [0.25, 0.3) is 22.0 Å². The molecule has 7 heteroatoms. The van der Waals surface area contributed by atoms with E-state index in [1.54, 1.807) is 6.07 Å². The van der Waals surface area contributed by atoms with E-state index in [9.17, 15) is 4.39 Å². The molecule has 0 atom stereocenters. The number of halogens is 1. The lowest BCUT2D eigenvalue weighted by atomic mass is 10.0. The van der Waals surface area contributed by atoms with Gasteiger partial charge in [-0.25, -0.2) is 4.39 Å². The Morgan fingerprint density at radius 2 is 1.93 bits per heavy atom.